The predicted molar refractivity (Wildman–Crippen MR) is 43.2 cm³/mol. The van der Waals surface area contributed by atoms with Crippen LogP contribution < -0.4 is 5.32 Å². The fraction of sp³-hybridized carbons (Fsp3) is 0.333. The highest BCUT2D eigenvalue weighted by Gasteiger charge is 2.27. The molecular formula is C6H5F3N4O2. The monoisotopic (exact) mass is 222 g/mol. The summed E-state index contributed by atoms with van der Waals surface area (Å²) >= 11 is 0. The number of hydrogen-bond acceptors (Lipinski definition) is 5. The first-order chi connectivity index (χ1) is 6.88. The number of hydrogen-bond donors (Lipinski definition) is 1. The van der Waals surface area contributed by atoms with Crippen LogP contribution in [0.3, 0.4) is 0 Å². The normalized spacial score (nSPS) is 11.1. The summed E-state index contributed by atoms with van der Waals surface area (Å²) in [5.41, 5.74) is -0.382. The number of alkyl halides is 3. The fourth-order valence-corrected chi connectivity index (χ4v) is 0.686. The fourth-order valence-electron chi connectivity index (χ4n) is 0.686. The molecule has 0 amide bonds. The van der Waals surface area contributed by atoms with Gasteiger partial charge in [-0.05, 0) is 0 Å². The number of halogens is 3. The standard InChI is InChI=1S/C6H5F3N4O2/c7-6(8,9)3-12-5-10-1-4(2-11-5)13(14)15/h1-2H,3H2,(H,10,11,12). The van der Waals surface area contributed by atoms with Crippen molar-refractivity contribution >= 4 is 11.6 Å². The molecule has 0 aromatic carbocycles. The third kappa shape index (κ3) is 3.75. The Bertz CT molecular complexity index is 350. The molecule has 1 aromatic rings. The highest BCUT2D eigenvalue weighted by molar-refractivity contribution is 5.30. The molecule has 0 saturated carbocycles. The molecule has 0 spiro atoms. The van der Waals surface area contributed by atoms with E-state index in [1.165, 1.54) is 0 Å². The van der Waals surface area contributed by atoms with Gasteiger partial charge in [0.2, 0.25) is 5.95 Å². The van der Waals surface area contributed by atoms with E-state index in [2.05, 4.69) is 9.97 Å². The summed E-state index contributed by atoms with van der Waals surface area (Å²) < 4.78 is 35.2. The summed E-state index contributed by atoms with van der Waals surface area (Å²) in [4.78, 5) is 16.1. The van der Waals surface area contributed by atoms with Crippen LogP contribution in [0.15, 0.2) is 12.4 Å². The first-order valence-electron chi connectivity index (χ1n) is 3.65. The molecule has 15 heavy (non-hydrogen) atoms. The van der Waals surface area contributed by atoms with Gasteiger partial charge in [-0.2, -0.15) is 13.2 Å². The van der Waals surface area contributed by atoms with Gasteiger partial charge in [0.1, 0.15) is 18.9 Å². The van der Waals surface area contributed by atoms with Crippen molar-refractivity contribution in [1.82, 2.24) is 9.97 Å². The van der Waals surface area contributed by atoms with E-state index in [1.54, 1.807) is 0 Å². The molecule has 0 radical (unpaired) electrons. The van der Waals surface area contributed by atoms with Crippen molar-refractivity contribution in [1.29, 1.82) is 0 Å². The van der Waals surface area contributed by atoms with Gasteiger partial charge in [-0.15, -0.1) is 0 Å². The van der Waals surface area contributed by atoms with Gasteiger partial charge in [0.05, 0.1) is 4.92 Å². The molecule has 0 unspecified atom stereocenters. The van der Waals surface area contributed by atoms with Crippen molar-refractivity contribution in [2.45, 2.75) is 6.18 Å². The highest BCUT2D eigenvalue weighted by Crippen LogP contribution is 2.15. The minimum absolute atomic E-state index is 0.307. The van der Waals surface area contributed by atoms with Crippen LogP contribution >= 0.6 is 0 Å². The van der Waals surface area contributed by atoms with Crippen molar-refractivity contribution < 1.29 is 18.1 Å². The largest absolute Gasteiger partial charge is 0.405 e. The maximum atomic E-state index is 11.7. The minimum Gasteiger partial charge on any atom is -0.345 e. The zero-order valence-electron chi connectivity index (χ0n) is 7.15. The van der Waals surface area contributed by atoms with Crippen LogP contribution in [-0.2, 0) is 0 Å². The molecule has 0 atom stereocenters. The zero-order chi connectivity index (χ0) is 11.5. The minimum atomic E-state index is -4.38. The van der Waals surface area contributed by atoms with Crippen molar-refractivity contribution in [2.24, 2.45) is 0 Å². The number of rotatable bonds is 3. The number of nitro groups is 1. The second kappa shape index (κ2) is 4.07. The van der Waals surface area contributed by atoms with E-state index in [0.717, 1.165) is 12.4 Å². The van der Waals surface area contributed by atoms with E-state index < -0.39 is 17.6 Å². The number of anilines is 1. The van der Waals surface area contributed by atoms with Crippen LogP contribution in [0.2, 0.25) is 0 Å². The average molecular weight is 222 g/mol. The molecule has 9 heteroatoms. The molecule has 82 valence electrons. The molecule has 6 nitrogen and oxygen atoms in total. The van der Waals surface area contributed by atoms with Crippen molar-refractivity contribution in [3.8, 4) is 0 Å². The Morgan fingerprint density at radius 3 is 2.33 bits per heavy atom. The van der Waals surface area contributed by atoms with E-state index in [9.17, 15) is 23.3 Å². The topological polar surface area (TPSA) is 81.0 Å². The van der Waals surface area contributed by atoms with Gasteiger partial charge in [-0.1, -0.05) is 0 Å². The quantitative estimate of drug-likeness (QED) is 0.616. The Hall–Kier alpha value is -1.93. The number of nitrogens with zero attached hydrogens (tertiary/aromatic N) is 3. The summed E-state index contributed by atoms with van der Waals surface area (Å²) in [5.74, 6) is -0.307. The van der Waals surface area contributed by atoms with E-state index in [1.807, 2.05) is 5.32 Å². The Labute approximate surface area is 81.3 Å². The lowest BCUT2D eigenvalue weighted by Gasteiger charge is -2.06. The van der Waals surface area contributed by atoms with Crippen molar-refractivity contribution in [3.63, 3.8) is 0 Å². The Balaban J connectivity index is 2.61. The first kappa shape index (κ1) is 11.1. The van der Waals surface area contributed by atoms with Gasteiger partial charge in [-0.3, -0.25) is 10.1 Å². The van der Waals surface area contributed by atoms with Gasteiger partial charge in [0.15, 0.2) is 0 Å². The van der Waals surface area contributed by atoms with Gasteiger partial charge >= 0.3 is 11.9 Å². The SMILES string of the molecule is O=[N+]([O-])c1cnc(NCC(F)(F)F)nc1. The van der Waals surface area contributed by atoms with Crippen molar-refractivity contribution in [3.05, 3.63) is 22.5 Å². The lowest BCUT2D eigenvalue weighted by molar-refractivity contribution is -0.385. The van der Waals surface area contributed by atoms with E-state index in [-0.39, 0.29) is 11.6 Å². The second-order valence-corrected chi connectivity index (χ2v) is 2.49. The Kier molecular flexibility index (Phi) is 3.02. The smallest absolute Gasteiger partial charge is 0.345 e. The maximum absolute atomic E-state index is 11.7. The molecule has 1 heterocycles. The second-order valence-electron chi connectivity index (χ2n) is 2.49. The van der Waals surface area contributed by atoms with Crippen LogP contribution in [-0.4, -0.2) is 27.6 Å². The summed E-state index contributed by atoms with van der Waals surface area (Å²) in [7, 11) is 0. The predicted octanol–water partition coefficient (Wildman–Crippen LogP) is 1.36. The third-order valence-electron chi connectivity index (χ3n) is 1.30. The molecule has 0 aliphatic carbocycles. The van der Waals surface area contributed by atoms with Gasteiger partial charge < -0.3 is 5.32 Å². The Morgan fingerprint density at radius 1 is 1.40 bits per heavy atom. The molecule has 0 fully saturated rings. The first-order valence-corrected chi connectivity index (χ1v) is 3.65. The van der Waals surface area contributed by atoms with Crippen LogP contribution in [0.25, 0.3) is 0 Å². The lowest BCUT2D eigenvalue weighted by Crippen LogP contribution is -2.22. The average Bonchev–Trinajstić information content (AvgIpc) is 2.14. The Morgan fingerprint density at radius 2 is 1.93 bits per heavy atom. The summed E-state index contributed by atoms with van der Waals surface area (Å²) in [6.45, 7) is -1.29. The van der Waals surface area contributed by atoms with Gasteiger partial charge in [0, 0.05) is 0 Å². The molecule has 1 N–H and O–H groups in total. The molecule has 0 saturated heterocycles. The van der Waals surface area contributed by atoms with E-state index in [0.29, 0.717) is 0 Å². The number of nitrogens with one attached hydrogen (secondary N) is 1. The molecule has 0 aliphatic heterocycles. The molecule has 1 rings (SSSR count). The number of aromatic nitrogens is 2. The van der Waals surface area contributed by atoms with E-state index >= 15 is 0 Å². The van der Waals surface area contributed by atoms with Crippen LogP contribution in [0.1, 0.15) is 0 Å². The van der Waals surface area contributed by atoms with Gasteiger partial charge in [-0.25, -0.2) is 9.97 Å². The molecule has 1 aromatic heterocycles. The summed E-state index contributed by atoms with van der Waals surface area (Å²) in [6, 6.07) is 0. The summed E-state index contributed by atoms with van der Waals surface area (Å²) in [5, 5.41) is 12.0. The van der Waals surface area contributed by atoms with Gasteiger partial charge in [0.25, 0.3) is 0 Å². The van der Waals surface area contributed by atoms with Crippen LogP contribution in [0.4, 0.5) is 24.8 Å². The summed E-state index contributed by atoms with van der Waals surface area (Å²) in [6.07, 6.45) is -2.73. The third-order valence-corrected chi connectivity index (χ3v) is 1.30. The van der Waals surface area contributed by atoms with Crippen LogP contribution in [0.5, 0.6) is 0 Å². The zero-order valence-corrected chi connectivity index (χ0v) is 7.15. The highest BCUT2D eigenvalue weighted by atomic mass is 19.4. The molecule has 0 bridgehead atoms. The van der Waals surface area contributed by atoms with E-state index in [4.69, 9.17) is 0 Å². The van der Waals surface area contributed by atoms with Crippen molar-refractivity contribution in [2.75, 3.05) is 11.9 Å². The van der Waals surface area contributed by atoms with Crippen LogP contribution in [0, 0.1) is 10.1 Å². The maximum Gasteiger partial charge on any atom is 0.405 e. The molecular weight excluding hydrogens is 217 g/mol. The lowest BCUT2D eigenvalue weighted by atomic mass is 10.5. The molecule has 0 aliphatic rings.